The molecule has 2 atom stereocenters. The van der Waals surface area contributed by atoms with E-state index in [1.54, 1.807) is 43.5 Å². The number of ketones is 1. The first-order valence-corrected chi connectivity index (χ1v) is 7.74. The maximum atomic E-state index is 12.5. The summed E-state index contributed by atoms with van der Waals surface area (Å²) in [6.45, 7) is 0. The first-order valence-electron chi connectivity index (χ1n) is 6.95. The standard InChI is InChI=1S/C17H15BrO5/c1-21-10-4-6-13-11(8-10)15(19)16(20)17(23-13)9-3-5-14(22-2)12(18)7-9/h3-8,15,17,19H,1-2H3/t15?,17-/m1/s1. The van der Waals surface area contributed by atoms with Crippen molar-refractivity contribution in [2.24, 2.45) is 0 Å². The van der Waals surface area contributed by atoms with E-state index >= 15 is 0 Å². The Hall–Kier alpha value is -2.05. The van der Waals surface area contributed by atoms with E-state index in [-0.39, 0.29) is 0 Å². The summed E-state index contributed by atoms with van der Waals surface area (Å²) in [7, 11) is 3.09. The number of benzene rings is 2. The number of rotatable bonds is 3. The Morgan fingerprint density at radius 1 is 1.13 bits per heavy atom. The lowest BCUT2D eigenvalue weighted by Gasteiger charge is -2.29. The predicted octanol–water partition coefficient (Wildman–Crippen LogP) is 3.20. The molecule has 0 aliphatic carbocycles. The third-order valence-corrected chi connectivity index (χ3v) is 4.38. The van der Waals surface area contributed by atoms with Crippen molar-refractivity contribution in [3.8, 4) is 17.2 Å². The molecule has 0 amide bonds. The van der Waals surface area contributed by atoms with Crippen LogP contribution in [0.4, 0.5) is 0 Å². The average molecular weight is 379 g/mol. The molecular weight excluding hydrogens is 364 g/mol. The minimum absolute atomic E-state index is 0.414. The number of hydrogen-bond acceptors (Lipinski definition) is 5. The third kappa shape index (κ3) is 2.80. The number of aliphatic hydroxyl groups excluding tert-OH is 1. The molecule has 23 heavy (non-hydrogen) atoms. The number of aliphatic hydroxyl groups is 1. The van der Waals surface area contributed by atoms with Gasteiger partial charge < -0.3 is 19.3 Å². The van der Waals surface area contributed by atoms with Gasteiger partial charge in [-0.05, 0) is 46.3 Å². The van der Waals surface area contributed by atoms with Crippen LogP contribution in [0.3, 0.4) is 0 Å². The second-order valence-corrected chi connectivity index (χ2v) is 5.95. The largest absolute Gasteiger partial charge is 0.497 e. The van der Waals surface area contributed by atoms with Crippen molar-refractivity contribution in [2.75, 3.05) is 14.2 Å². The van der Waals surface area contributed by atoms with Gasteiger partial charge in [0.05, 0.1) is 18.7 Å². The lowest BCUT2D eigenvalue weighted by molar-refractivity contribution is -0.137. The average Bonchev–Trinajstić information content (AvgIpc) is 2.57. The van der Waals surface area contributed by atoms with E-state index in [1.807, 2.05) is 0 Å². The van der Waals surface area contributed by atoms with Crippen LogP contribution in [0.25, 0.3) is 0 Å². The molecule has 1 unspecified atom stereocenters. The van der Waals surface area contributed by atoms with Gasteiger partial charge in [-0.1, -0.05) is 6.07 Å². The molecule has 0 saturated carbocycles. The molecule has 0 fully saturated rings. The zero-order valence-electron chi connectivity index (χ0n) is 12.6. The summed E-state index contributed by atoms with van der Waals surface area (Å²) < 4.78 is 16.8. The van der Waals surface area contributed by atoms with Crippen LogP contribution in [0, 0.1) is 0 Å². The zero-order valence-corrected chi connectivity index (χ0v) is 14.2. The summed E-state index contributed by atoms with van der Waals surface area (Å²) in [5.74, 6) is 1.27. The van der Waals surface area contributed by atoms with Crippen LogP contribution >= 0.6 is 15.9 Å². The molecule has 6 heteroatoms. The molecule has 2 aromatic carbocycles. The highest BCUT2D eigenvalue weighted by molar-refractivity contribution is 9.10. The van der Waals surface area contributed by atoms with Gasteiger partial charge in [-0.25, -0.2) is 0 Å². The van der Waals surface area contributed by atoms with Crippen LogP contribution < -0.4 is 14.2 Å². The molecule has 1 N–H and O–H groups in total. The fourth-order valence-corrected chi connectivity index (χ4v) is 3.09. The van der Waals surface area contributed by atoms with Crippen LogP contribution in [0.2, 0.25) is 0 Å². The van der Waals surface area contributed by atoms with E-state index in [9.17, 15) is 9.90 Å². The highest BCUT2D eigenvalue weighted by atomic mass is 79.9. The lowest BCUT2D eigenvalue weighted by atomic mass is 9.93. The molecule has 0 aromatic heterocycles. The number of carbonyl (C=O) groups is 1. The van der Waals surface area contributed by atoms with Crippen molar-refractivity contribution < 1.29 is 24.1 Å². The SMILES string of the molecule is COc1ccc2c(c1)C(O)C(=O)[C@@H](c1ccc(OC)c(Br)c1)O2. The summed E-state index contributed by atoms with van der Waals surface area (Å²) in [6, 6.07) is 10.3. The van der Waals surface area contributed by atoms with E-state index in [1.165, 1.54) is 7.11 Å². The number of ether oxygens (including phenoxy) is 3. The van der Waals surface area contributed by atoms with Crippen LogP contribution in [0.5, 0.6) is 17.2 Å². The smallest absolute Gasteiger partial charge is 0.210 e. The van der Waals surface area contributed by atoms with Crippen LogP contribution in [-0.4, -0.2) is 25.1 Å². The Bertz CT molecular complexity index is 759. The van der Waals surface area contributed by atoms with E-state index in [0.29, 0.717) is 32.8 Å². The van der Waals surface area contributed by atoms with Crippen LogP contribution in [-0.2, 0) is 4.79 Å². The van der Waals surface area contributed by atoms with Gasteiger partial charge in [0.1, 0.15) is 23.4 Å². The van der Waals surface area contributed by atoms with Gasteiger partial charge in [-0.15, -0.1) is 0 Å². The Kier molecular flexibility index (Phi) is 4.28. The van der Waals surface area contributed by atoms with Gasteiger partial charge in [0.25, 0.3) is 0 Å². The molecule has 120 valence electrons. The van der Waals surface area contributed by atoms with Gasteiger partial charge >= 0.3 is 0 Å². The molecule has 0 radical (unpaired) electrons. The molecule has 5 nitrogen and oxygen atoms in total. The Morgan fingerprint density at radius 3 is 2.57 bits per heavy atom. The minimum atomic E-state index is -1.25. The van der Waals surface area contributed by atoms with E-state index < -0.39 is 18.0 Å². The predicted molar refractivity (Wildman–Crippen MR) is 87.0 cm³/mol. The molecule has 0 spiro atoms. The summed E-state index contributed by atoms with van der Waals surface area (Å²) in [5, 5.41) is 10.3. The molecule has 0 saturated heterocycles. The quantitative estimate of drug-likeness (QED) is 0.888. The first-order chi connectivity index (χ1) is 11.0. The highest BCUT2D eigenvalue weighted by Gasteiger charge is 2.37. The van der Waals surface area contributed by atoms with Gasteiger partial charge in [0.15, 0.2) is 6.10 Å². The van der Waals surface area contributed by atoms with Crippen LogP contribution in [0.1, 0.15) is 23.3 Å². The Labute approximate surface area is 141 Å². The topological polar surface area (TPSA) is 65.0 Å². The summed E-state index contributed by atoms with van der Waals surface area (Å²) >= 11 is 3.39. The normalized spacial score (nSPS) is 19.7. The zero-order chi connectivity index (χ0) is 16.6. The van der Waals surface area contributed by atoms with E-state index in [4.69, 9.17) is 14.2 Å². The summed E-state index contributed by atoms with van der Waals surface area (Å²) in [6.07, 6.45) is -2.12. The lowest BCUT2D eigenvalue weighted by Crippen LogP contribution is -2.30. The number of Topliss-reactive ketones (excluding diaryl/α,β-unsaturated/α-hetero) is 1. The fourth-order valence-electron chi connectivity index (χ4n) is 2.53. The number of hydrogen-bond donors (Lipinski definition) is 1. The molecule has 3 rings (SSSR count). The first kappa shape index (κ1) is 15.8. The second-order valence-electron chi connectivity index (χ2n) is 5.10. The van der Waals surface area contributed by atoms with E-state index in [2.05, 4.69) is 15.9 Å². The highest BCUT2D eigenvalue weighted by Crippen LogP contribution is 2.41. The molecular formula is C17H15BrO5. The Balaban J connectivity index is 1.99. The summed E-state index contributed by atoms with van der Waals surface area (Å²) in [4.78, 5) is 12.5. The maximum Gasteiger partial charge on any atom is 0.210 e. The van der Waals surface area contributed by atoms with Crippen molar-refractivity contribution in [3.63, 3.8) is 0 Å². The monoisotopic (exact) mass is 378 g/mol. The van der Waals surface area contributed by atoms with E-state index in [0.717, 1.165) is 0 Å². The van der Waals surface area contributed by atoms with Crippen molar-refractivity contribution in [2.45, 2.75) is 12.2 Å². The van der Waals surface area contributed by atoms with Crippen molar-refractivity contribution in [1.82, 2.24) is 0 Å². The number of methoxy groups -OCH3 is 2. The number of carbonyl (C=O) groups excluding carboxylic acids is 1. The van der Waals surface area contributed by atoms with Gasteiger partial charge in [0, 0.05) is 11.1 Å². The van der Waals surface area contributed by atoms with Crippen LogP contribution in [0.15, 0.2) is 40.9 Å². The van der Waals surface area contributed by atoms with Crippen molar-refractivity contribution in [3.05, 3.63) is 52.0 Å². The summed E-state index contributed by atoms with van der Waals surface area (Å²) in [5.41, 5.74) is 1.06. The Morgan fingerprint density at radius 2 is 1.91 bits per heavy atom. The van der Waals surface area contributed by atoms with Gasteiger partial charge in [-0.2, -0.15) is 0 Å². The third-order valence-electron chi connectivity index (χ3n) is 3.76. The maximum absolute atomic E-state index is 12.5. The molecule has 1 aliphatic heterocycles. The fraction of sp³-hybridized carbons (Fsp3) is 0.235. The van der Waals surface area contributed by atoms with Crippen molar-refractivity contribution >= 4 is 21.7 Å². The second kappa shape index (κ2) is 6.22. The number of halogens is 1. The molecule has 1 heterocycles. The van der Waals surface area contributed by atoms with Gasteiger partial charge in [-0.3, -0.25) is 4.79 Å². The van der Waals surface area contributed by atoms with Crippen molar-refractivity contribution in [1.29, 1.82) is 0 Å². The molecule has 1 aliphatic rings. The molecule has 0 bridgehead atoms. The van der Waals surface area contributed by atoms with Gasteiger partial charge in [0.2, 0.25) is 5.78 Å². The number of fused-ring (bicyclic) bond motifs is 1. The molecule has 2 aromatic rings. The minimum Gasteiger partial charge on any atom is -0.497 e.